The number of rotatable bonds is 9. The van der Waals surface area contributed by atoms with Crippen LogP contribution in [-0.2, 0) is 17.8 Å². The lowest BCUT2D eigenvalue weighted by molar-refractivity contribution is -0.126. The van der Waals surface area contributed by atoms with E-state index in [4.69, 9.17) is 0 Å². The molecule has 1 N–H and O–H groups in total. The van der Waals surface area contributed by atoms with E-state index in [1.54, 1.807) is 11.8 Å². The van der Waals surface area contributed by atoms with Crippen molar-refractivity contribution >= 4 is 34.9 Å². The minimum absolute atomic E-state index is 0.0385. The SMILES string of the molecule is CSc1nnc(CCCNC(=O)C2CCCN(C(=O)c3cccs3)C2)n1CC(C)C. The maximum Gasteiger partial charge on any atom is 0.263 e. The summed E-state index contributed by atoms with van der Waals surface area (Å²) in [5, 5.41) is 14.5. The largest absolute Gasteiger partial charge is 0.356 e. The highest BCUT2D eigenvalue weighted by atomic mass is 32.2. The second kappa shape index (κ2) is 10.9. The molecule has 1 saturated heterocycles. The van der Waals surface area contributed by atoms with Crippen LogP contribution in [0, 0.1) is 11.8 Å². The Morgan fingerprint density at radius 3 is 2.90 bits per heavy atom. The third-order valence-electron chi connectivity index (χ3n) is 5.21. The lowest BCUT2D eigenvalue weighted by Crippen LogP contribution is -2.45. The number of aromatic nitrogens is 3. The molecule has 1 aliphatic rings. The predicted octanol–water partition coefficient (Wildman–Crippen LogP) is 3.32. The quantitative estimate of drug-likeness (QED) is 0.469. The fourth-order valence-electron chi connectivity index (χ4n) is 3.74. The van der Waals surface area contributed by atoms with Crippen molar-refractivity contribution in [3.8, 4) is 0 Å². The smallest absolute Gasteiger partial charge is 0.263 e. The molecule has 2 aromatic heterocycles. The van der Waals surface area contributed by atoms with Crippen LogP contribution in [0.3, 0.4) is 0 Å². The van der Waals surface area contributed by atoms with E-state index >= 15 is 0 Å². The van der Waals surface area contributed by atoms with Crippen molar-refractivity contribution in [3.63, 3.8) is 0 Å². The van der Waals surface area contributed by atoms with Crippen LogP contribution in [-0.4, -0.2) is 57.4 Å². The van der Waals surface area contributed by atoms with Crippen LogP contribution in [0.2, 0.25) is 0 Å². The molecular formula is C21H31N5O2S2. The highest BCUT2D eigenvalue weighted by Crippen LogP contribution is 2.21. The second-order valence-corrected chi connectivity index (χ2v) is 9.79. The molecule has 0 spiro atoms. The summed E-state index contributed by atoms with van der Waals surface area (Å²) < 4.78 is 2.19. The fraction of sp³-hybridized carbons (Fsp3) is 0.619. The first-order valence-corrected chi connectivity index (χ1v) is 12.7. The average Bonchev–Trinajstić information content (AvgIpc) is 3.40. The van der Waals surface area contributed by atoms with E-state index in [1.165, 1.54) is 11.3 Å². The molecule has 0 aliphatic carbocycles. The molecule has 7 nitrogen and oxygen atoms in total. The molecule has 0 radical (unpaired) electrons. The number of carbonyl (C=O) groups excluding carboxylic acids is 2. The molecule has 30 heavy (non-hydrogen) atoms. The summed E-state index contributed by atoms with van der Waals surface area (Å²) in [5.41, 5.74) is 0. The van der Waals surface area contributed by atoms with E-state index in [2.05, 4.69) is 33.9 Å². The van der Waals surface area contributed by atoms with Gasteiger partial charge in [0.1, 0.15) is 5.82 Å². The second-order valence-electron chi connectivity index (χ2n) is 8.07. The molecule has 164 valence electrons. The van der Waals surface area contributed by atoms with Crippen LogP contribution in [0.25, 0.3) is 0 Å². The molecule has 1 atom stereocenters. The van der Waals surface area contributed by atoms with Gasteiger partial charge in [-0.3, -0.25) is 9.59 Å². The van der Waals surface area contributed by atoms with Gasteiger partial charge in [0, 0.05) is 32.6 Å². The van der Waals surface area contributed by atoms with Crippen LogP contribution in [0.15, 0.2) is 22.7 Å². The number of likely N-dealkylation sites (tertiary alicyclic amines) is 1. The topological polar surface area (TPSA) is 80.1 Å². The molecule has 1 unspecified atom stereocenters. The van der Waals surface area contributed by atoms with Crippen LogP contribution in [0.4, 0.5) is 0 Å². The van der Waals surface area contributed by atoms with Gasteiger partial charge in [0.2, 0.25) is 5.91 Å². The summed E-state index contributed by atoms with van der Waals surface area (Å²) >= 11 is 3.06. The third kappa shape index (κ3) is 5.85. The van der Waals surface area contributed by atoms with E-state index in [0.717, 1.165) is 54.6 Å². The van der Waals surface area contributed by atoms with E-state index in [0.29, 0.717) is 19.0 Å². The monoisotopic (exact) mass is 449 g/mol. The zero-order valence-electron chi connectivity index (χ0n) is 18.0. The molecule has 3 heterocycles. The van der Waals surface area contributed by atoms with E-state index in [9.17, 15) is 9.59 Å². The normalized spacial score (nSPS) is 16.8. The summed E-state index contributed by atoms with van der Waals surface area (Å²) in [7, 11) is 0. The zero-order valence-corrected chi connectivity index (χ0v) is 19.6. The van der Waals surface area contributed by atoms with Crippen molar-refractivity contribution in [1.82, 2.24) is 25.0 Å². The Hall–Kier alpha value is -1.87. The van der Waals surface area contributed by atoms with E-state index in [-0.39, 0.29) is 17.7 Å². The Morgan fingerprint density at radius 2 is 2.20 bits per heavy atom. The summed E-state index contributed by atoms with van der Waals surface area (Å²) in [6.45, 7) is 7.11. The van der Waals surface area contributed by atoms with Crippen molar-refractivity contribution in [2.75, 3.05) is 25.9 Å². The van der Waals surface area contributed by atoms with Gasteiger partial charge in [-0.05, 0) is 42.9 Å². The summed E-state index contributed by atoms with van der Waals surface area (Å²) in [6, 6.07) is 3.73. The van der Waals surface area contributed by atoms with Crippen molar-refractivity contribution < 1.29 is 9.59 Å². The van der Waals surface area contributed by atoms with Crippen molar-refractivity contribution in [3.05, 3.63) is 28.2 Å². The molecule has 3 rings (SSSR count). The minimum atomic E-state index is -0.129. The van der Waals surface area contributed by atoms with Gasteiger partial charge in [0.05, 0.1) is 10.8 Å². The lowest BCUT2D eigenvalue weighted by atomic mass is 9.97. The van der Waals surface area contributed by atoms with Gasteiger partial charge < -0.3 is 14.8 Å². The van der Waals surface area contributed by atoms with Crippen LogP contribution >= 0.6 is 23.1 Å². The summed E-state index contributed by atoms with van der Waals surface area (Å²) in [4.78, 5) is 27.8. The standard InChI is InChI=1S/C21H31N5O2S2/c1-15(2)13-26-18(23-24-21(26)29-3)9-4-10-22-19(27)16-7-5-11-25(14-16)20(28)17-8-6-12-30-17/h6,8,12,15-16H,4-5,7,9-11,13-14H2,1-3H3,(H,22,27). The zero-order chi connectivity index (χ0) is 21.5. The molecule has 2 amide bonds. The number of amides is 2. The summed E-state index contributed by atoms with van der Waals surface area (Å²) in [5.74, 6) is 1.46. The molecule has 0 bridgehead atoms. The van der Waals surface area contributed by atoms with Crippen molar-refractivity contribution in [1.29, 1.82) is 0 Å². The number of thiophene rings is 1. The van der Waals surface area contributed by atoms with E-state index < -0.39 is 0 Å². The number of thioether (sulfide) groups is 1. The van der Waals surface area contributed by atoms with Crippen LogP contribution in [0.1, 0.15) is 48.6 Å². The molecule has 1 aliphatic heterocycles. The average molecular weight is 450 g/mol. The molecule has 9 heteroatoms. The van der Waals surface area contributed by atoms with Crippen molar-refractivity contribution in [2.45, 2.75) is 51.2 Å². The first kappa shape index (κ1) is 22.8. The molecule has 1 fully saturated rings. The lowest BCUT2D eigenvalue weighted by Gasteiger charge is -2.31. The van der Waals surface area contributed by atoms with Gasteiger partial charge in [-0.2, -0.15) is 0 Å². The maximum absolute atomic E-state index is 12.6. The van der Waals surface area contributed by atoms with Gasteiger partial charge in [0.15, 0.2) is 5.16 Å². The Balaban J connectivity index is 1.46. The van der Waals surface area contributed by atoms with E-state index in [1.807, 2.05) is 28.7 Å². The minimum Gasteiger partial charge on any atom is -0.356 e. The number of piperidine rings is 1. The number of aryl methyl sites for hydroxylation is 1. The Bertz CT molecular complexity index is 835. The number of hydrogen-bond acceptors (Lipinski definition) is 6. The molecule has 0 aromatic carbocycles. The predicted molar refractivity (Wildman–Crippen MR) is 121 cm³/mol. The summed E-state index contributed by atoms with van der Waals surface area (Å²) in [6.07, 6.45) is 5.32. The van der Waals surface area contributed by atoms with Crippen LogP contribution in [0.5, 0.6) is 0 Å². The Labute approximate surface area is 186 Å². The molecule has 2 aromatic rings. The Kier molecular flexibility index (Phi) is 8.32. The Morgan fingerprint density at radius 1 is 1.37 bits per heavy atom. The first-order chi connectivity index (χ1) is 14.5. The number of carbonyl (C=O) groups is 2. The fourth-order valence-corrected chi connectivity index (χ4v) is 4.95. The number of nitrogens with zero attached hydrogens (tertiary/aromatic N) is 4. The first-order valence-electron chi connectivity index (χ1n) is 10.6. The van der Waals surface area contributed by atoms with Gasteiger partial charge in [-0.15, -0.1) is 21.5 Å². The van der Waals surface area contributed by atoms with Gasteiger partial charge in [-0.25, -0.2) is 0 Å². The van der Waals surface area contributed by atoms with Gasteiger partial charge in [0.25, 0.3) is 5.91 Å². The van der Waals surface area contributed by atoms with Crippen LogP contribution < -0.4 is 5.32 Å². The van der Waals surface area contributed by atoms with Gasteiger partial charge in [-0.1, -0.05) is 31.7 Å². The highest BCUT2D eigenvalue weighted by Gasteiger charge is 2.29. The molecular weight excluding hydrogens is 418 g/mol. The highest BCUT2D eigenvalue weighted by molar-refractivity contribution is 7.98. The van der Waals surface area contributed by atoms with Crippen molar-refractivity contribution in [2.24, 2.45) is 11.8 Å². The maximum atomic E-state index is 12.6. The molecule has 0 saturated carbocycles. The number of nitrogens with one attached hydrogen (secondary N) is 1. The number of hydrogen-bond donors (Lipinski definition) is 1. The third-order valence-corrected chi connectivity index (χ3v) is 6.74. The van der Waals surface area contributed by atoms with Gasteiger partial charge >= 0.3 is 0 Å².